The second-order valence-corrected chi connectivity index (χ2v) is 5.38. The molecule has 2 atom stereocenters. The van der Waals surface area contributed by atoms with Crippen molar-refractivity contribution in [2.45, 2.75) is 26.1 Å². The predicted octanol–water partition coefficient (Wildman–Crippen LogP) is 2.52. The molecule has 0 aliphatic carbocycles. The van der Waals surface area contributed by atoms with Crippen LogP contribution in [0.1, 0.15) is 19.4 Å². The molecule has 1 aliphatic rings. The van der Waals surface area contributed by atoms with E-state index in [9.17, 15) is 13.2 Å². The molecule has 106 valence electrons. The highest BCUT2D eigenvalue weighted by molar-refractivity contribution is 5.43. The van der Waals surface area contributed by atoms with E-state index in [0.717, 1.165) is 12.1 Å². The summed E-state index contributed by atoms with van der Waals surface area (Å²) in [6.45, 7) is 5.37. The van der Waals surface area contributed by atoms with Crippen molar-refractivity contribution in [1.29, 1.82) is 0 Å². The molecule has 2 N–H and O–H groups in total. The number of hydrogen-bond acceptors (Lipinski definition) is 3. The van der Waals surface area contributed by atoms with Crippen LogP contribution in [0.4, 0.5) is 19.0 Å². The Kier molecular flexibility index (Phi) is 3.71. The third-order valence-electron chi connectivity index (χ3n) is 3.67. The number of anilines is 1. The van der Waals surface area contributed by atoms with E-state index in [1.54, 1.807) is 0 Å². The van der Waals surface area contributed by atoms with Crippen molar-refractivity contribution in [3.8, 4) is 0 Å². The highest BCUT2D eigenvalue weighted by Gasteiger charge is 2.35. The van der Waals surface area contributed by atoms with E-state index < -0.39 is 11.7 Å². The lowest BCUT2D eigenvalue weighted by Gasteiger charge is -2.19. The lowest BCUT2D eigenvalue weighted by atomic mass is 9.92. The number of alkyl halides is 3. The van der Waals surface area contributed by atoms with Gasteiger partial charge in [-0.15, -0.1) is 0 Å². The maximum Gasteiger partial charge on any atom is 0.416 e. The van der Waals surface area contributed by atoms with E-state index in [-0.39, 0.29) is 12.0 Å². The minimum Gasteiger partial charge on any atom is -0.355 e. The first kappa shape index (κ1) is 14.1. The van der Waals surface area contributed by atoms with Gasteiger partial charge >= 0.3 is 6.18 Å². The van der Waals surface area contributed by atoms with E-state index in [1.165, 1.54) is 6.20 Å². The Hall–Kier alpha value is -1.30. The lowest BCUT2D eigenvalue weighted by Crippen LogP contribution is -2.32. The Balaban J connectivity index is 2.20. The van der Waals surface area contributed by atoms with Crippen molar-refractivity contribution in [3.05, 3.63) is 23.9 Å². The number of rotatable bonds is 2. The average molecular weight is 273 g/mol. The Bertz CT molecular complexity index is 445. The van der Waals surface area contributed by atoms with E-state index in [2.05, 4.69) is 18.8 Å². The fraction of sp³-hybridized carbons (Fsp3) is 0.615. The molecule has 19 heavy (non-hydrogen) atoms. The van der Waals surface area contributed by atoms with Crippen LogP contribution >= 0.6 is 0 Å². The van der Waals surface area contributed by atoms with Crippen molar-refractivity contribution in [3.63, 3.8) is 0 Å². The summed E-state index contributed by atoms with van der Waals surface area (Å²) < 4.78 is 38.0. The molecule has 0 bridgehead atoms. The number of nitrogens with two attached hydrogens (primary N) is 1. The van der Waals surface area contributed by atoms with Crippen molar-refractivity contribution in [1.82, 2.24) is 4.98 Å². The van der Waals surface area contributed by atoms with E-state index >= 15 is 0 Å². The van der Waals surface area contributed by atoms with Crippen molar-refractivity contribution < 1.29 is 13.2 Å². The zero-order valence-electron chi connectivity index (χ0n) is 11.0. The lowest BCUT2D eigenvalue weighted by molar-refractivity contribution is -0.137. The fourth-order valence-electron chi connectivity index (χ4n) is 2.51. The topological polar surface area (TPSA) is 42.2 Å². The second-order valence-electron chi connectivity index (χ2n) is 5.38. The Morgan fingerprint density at radius 3 is 2.58 bits per heavy atom. The largest absolute Gasteiger partial charge is 0.416 e. The van der Waals surface area contributed by atoms with Gasteiger partial charge in [-0.3, -0.25) is 0 Å². The minimum atomic E-state index is -4.34. The number of nitrogens with zero attached hydrogens (tertiary/aromatic N) is 2. The van der Waals surface area contributed by atoms with Crippen LogP contribution in [0.25, 0.3) is 0 Å². The molecule has 1 fully saturated rings. The quantitative estimate of drug-likeness (QED) is 0.900. The van der Waals surface area contributed by atoms with Crippen molar-refractivity contribution >= 4 is 5.82 Å². The van der Waals surface area contributed by atoms with Crippen LogP contribution < -0.4 is 10.6 Å². The normalized spacial score (nSPS) is 24.3. The van der Waals surface area contributed by atoms with Gasteiger partial charge in [0.1, 0.15) is 5.82 Å². The zero-order valence-corrected chi connectivity index (χ0v) is 11.0. The molecule has 0 saturated carbocycles. The number of hydrogen-bond donors (Lipinski definition) is 1. The second kappa shape index (κ2) is 5.00. The van der Waals surface area contributed by atoms with Gasteiger partial charge in [0.2, 0.25) is 0 Å². The van der Waals surface area contributed by atoms with Crippen molar-refractivity contribution in [2.75, 3.05) is 18.0 Å². The molecule has 0 unspecified atom stereocenters. The fourth-order valence-corrected chi connectivity index (χ4v) is 2.51. The predicted molar refractivity (Wildman–Crippen MR) is 67.8 cm³/mol. The SMILES string of the molecule is CC(C)[C@@H]1CN(c2cc(C(F)(F)F)ccn2)C[C@H]1N. The molecule has 2 heterocycles. The summed E-state index contributed by atoms with van der Waals surface area (Å²) in [5.74, 6) is 1.05. The number of pyridine rings is 1. The first-order chi connectivity index (χ1) is 8.79. The average Bonchev–Trinajstić information content (AvgIpc) is 2.70. The van der Waals surface area contributed by atoms with Gasteiger partial charge in [-0.05, 0) is 24.0 Å². The molecular weight excluding hydrogens is 255 g/mol. The van der Waals surface area contributed by atoms with Crippen LogP contribution in [-0.2, 0) is 6.18 Å². The Morgan fingerprint density at radius 2 is 2.05 bits per heavy atom. The van der Waals surface area contributed by atoms with Gasteiger partial charge in [-0.25, -0.2) is 4.98 Å². The van der Waals surface area contributed by atoms with Crippen LogP contribution in [0.15, 0.2) is 18.3 Å². The third kappa shape index (κ3) is 3.00. The molecule has 2 rings (SSSR count). The standard InChI is InChI=1S/C13H18F3N3/c1-8(2)10-6-19(7-11(10)17)12-5-9(3-4-18-12)13(14,15)16/h3-5,8,10-11H,6-7,17H2,1-2H3/t10-,11+/m0/s1. The summed E-state index contributed by atoms with van der Waals surface area (Å²) in [4.78, 5) is 5.87. The first-order valence-electron chi connectivity index (χ1n) is 6.33. The van der Waals surface area contributed by atoms with Gasteiger partial charge in [0.25, 0.3) is 0 Å². The summed E-state index contributed by atoms with van der Waals surface area (Å²) in [7, 11) is 0. The number of aromatic nitrogens is 1. The van der Waals surface area contributed by atoms with Crippen LogP contribution in [-0.4, -0.2) is 24.1 Å². The van der Waals surface area contributed by atoms with Gasteiger partial charge in [-0.1, -0.05) is 13.8 Å². The minimum absolute atomic E-state index is 0.0173. The molecule has 1 aliphatic heterocycles. The molecule has 0 aromatic carbocycles. The maximum absolute atomic E-state index is 12.7. The first-order valence-corrected chi connectivity index (χ1v) is 6.33. The van der Waals surface area contributed by atoms with Crippen molar-refractivity contribution in [2.24, 2.45) is 17.6 Å². The monoisotopic (exact) mass is 273 g/mol. The highest BCUT2D eigenvalue weighted by atomic mass is 19.4. The van der Waals surface area contributed by atoms with Gasteiger partial charge in [0.05, 0.1) is 5.56 Å². The maximum atomic E-state index is 12.7. The molecule has 6 heteroatoms. The van der Waals surface area contributed by atoms with Crippen LogP contribution in [0, 0.1) is 11.8 Å². The van der Waals surface area contributed by atoms with Gasteiger partial charge in [0, 0.05) is 25.3 Å². The van der Waals surface area contributed by atoms with Crippen LogP contribution in [0.2, 0.25) is 0 Å². The van der Waals surface area contributed by atoms with E-state index in [0.29, 0.717) is 24.8 Å². The molecule has 0 amide bonds. The molecule has 0 radical (unpaired) electrons. The summed E-state index contributed by atoms with van der Waals surface area (Å²) in [5.41, 5.74) is 5.37. The number of halogens is 3. The summed E-state index contributed by atoms with van der Waals surface area (Å²) >= 11 is 0. The summed E-state index contributed by atoms with van der Waals surface area (Å²) in [6, 6.07) is 2.06. The van der Waals surface area contributed by atoms with Gasteiger partial charge in [-0.2, -0.15) is 13.2 Å². The van der Waals surface area contributed by atoms with E-state index in [1.807, 2.05) is 4.90 Å². The molecular formula is C13H18F3N3. The van der Waals surface area contributed by atoms with E-state index in [4.69, 9.17) is 5.73 Å². The Morgan fingerprint density at radius 1 is 1.37 bits per heavy atom. The third-order valence-corrected chi connectivity index (χ3v) is 3.67. The molecule has 3 nitrogen and oxygen atoms in total. The van der Waals surface area contributed by atoms with Gasteiger partial charge < -0.3 is 10.6 Å². The molecule has 1 saturated heterocycles. The molecule has 1 aromatic heterocycles. The van der Waals surface area contributed by atoms with Gasteiger partial charge in [0.15, 0.2) is 0 Å². The summed E-state index contributed by atoms with van der Waals surface area (Å²) in [5, 5.41) is 0. The molecule has 0 spiro atoms. The van der Waals surface area contributed by atoms with Crippen LogP contribution in [0.5, 0.6) is 0 Å². The smallest absolute Gasteiger partial charge is 0.355 e. The van der Waals surface area contributed by atoms with Crippen LogP contribution in [0.3, 0.4) is 0 Å². The molecule has 1 aromatic rings. The highest BCUT2D eigenvalue weighted by Crippen LogP contribution is 2.32. The zero-order chi connectivity index (χ0) is 14.2. The summed E-state index contributed by atoms with van der Waals surface area (Å²) in [6.07, 6.45) is -3.14. The Labute approximate surface area is 110 Å².